The zero-order chi connectivity index (χ0) is 18.6. The fraction of sp³-hybridized carbons (Fsp3) is 0.500. The average molecular weight is 364 g/mol. The van der Waals surface area contributed by atoms with Crippen molar-refractivity contribution in [2.24, 2.45) is 5.92 Å². The Balaban J connectivity index is 1.48. The number of Topliss-reactive ketones (excluding diaryl/α,β-unsaturated/α-hetero) is 1. The zero-order valence-corrected chi connectivity index (χ0v) is 16.1. The van der Waals surface area contributed by atoms with E-state index in [1.807, 2.05) is 6.07 Å². The van der Waals surface area contributed by atoms with Crippen LogP contribution in [0.3, 0.4) is 0 Å². The molecule has 0 atom stereocenters. The lowest BCUT2D eigenvalue weighted by Crippen LogP contribution is -2.28. The third kappa shape index (κ3) is 4.53. The Labute approximate surface area is 161 Å². The number of anilines is 1. The summed E-state index contributed by atoms with van der Waals surface area (Å²) in [5.74, 6) is 1.73. The molecule has 0 bridgehead atoms. The summed E-state index contributed by atoms with van der Waals surface area (Å²) in [6, 6.07) is 8.29. The summed E-state index contributed by atoms with van der Waals surface area (Å²) in [6.45, 7) is 6.11. The first-order valence-electron chi connectivity index (χ1n) is 10.1. The fourth-order valence-electron chi connectivity index (χ4n) is 3.77. The number of hydrogen-bond donors (Lipinski definition) is 1. The molecule has 0 spiro atoms. The van der Waals surface area contributed by atoms with Crippen LogP contribution < -0.4 is 10.2 Å². The molecule has 1 fully saturated rings. The third-order valence-electron chi connectivity index (χ3n) is 5.45. The van der Waals surface area contributed by atoms with Gasteiger partial charge in [0.25, 0.3) is 0 Å². The number of hydrogen-bond acceptors (Lipinski definition) is 5. The molecule has 0 amide bonds. The van der Waals surface area contributed by atoms with Crippen molar-refractivity contribution >= 4 is 11.6 Å². The molecule has 1 aliphatic carbocycles. The van der Waals surface area contributed by atoms with E-state index in [2.05, 4.69) is 45.3 Å². The van der Waals surface area contributed by atoms with Crippen LogP contribution in [-0.4, -0.2) is 35.4 Å². The van der Waals surface area contributed by atoms with Gasteiger partial charge in [-0.2, -0.15) is 0 Å². The number of nitrogens with one attached hydrogen (secondary N) is 1. The summed E-state index contributed by atoms with van der Waals surface area (Å²) in [5, 5.41) is 3.39. The molecule has 0 unspecified atom stereocenters. The lowest BCUT2D eigenvalue weighted by atomic mass is 9.96. The number of rotatable bonds is 8. The number of carbonyl (C=O) groups is 1. The highest BCUT2D eigenvalue weighted by atomic mass is 16.1. The van der Waals surface area contributed by atoms with E-state index < -0.39 is 0 Å². The molecule has 5 nitrogen and oxygen atoms in total. The third-order valence-corrected chi connectivity index (χ3v) is 5.45. The van der Waals surface area contributed by atoms with Crippen LogP contribution in [0.5, 0.6) is 0 Å². The summed E-state index contributed by atoms with van der Waals surface area (Å²) in [4.78, 5) is 23.8. The van der Waals surface area contributed by atoms with E-state index >= 15 is 0 Å². The quantitative estimate of drug-likeness (QED) is 0.729. The summed E-state index contributed by atoms with van der Waals surface area (Å²) in [7, 11) is 0. The standard InChI is InChI=1S/C22H28N4O/c1-2-9-26(14-16-3-4-16)22-12-20(24-15-25-22)21(27)11-17-5-6-18-7-8-23-13-19(18)10-17/h5-6,10,12,15-16,23H,2-4,7-9,11,13-14H2,1H3. The smallest absolute Gasteiger partial charge is 0.185 e. The molecule has 2 heterocycles. The minimum absolute atomic E-state index is 0.0604. The van der Waals surface area contributed by atoms with Gasteiger partial charge < -0.3 is 10.2 Å². The number of benzene rings is 1. The molecule has 2 aliphatic rings. The van der Waals surface area contributed by atoms with Crippen LogP contribution >= 0.6 is 0 Å². The van der Waals surface area contributed by atoms with Gasteiger partial charge in [-0.15, -0.1) is 0 Å². The van der Waals surface area contributed by atoms with Crippen LogP contribution in [0.1, 0.15) is 53.4 Å². The van der Waals surface area contributed by atoms with Gasteiger partial charge >= 0.3 is 0 Å². The summed E-state index contributed by atoms with van der Waals surface area (Å²) >= 11 is 0. The molecule has 0 saturated heterocycles. The maximum Gasteiger partial charge on any atom is 0.185 e. The highest BCUT2D eigenvalue weighted by molar-refractivity contribution is 5.96. The Hall–Kier alpha value is -2.27. The molecule has 142 valence electrons. The maximum absolute atomic E-state index is 12.8. The Bertz CT molecular complexity index is 816. The number of ketones is 1. The van der Waals surface area contributed by atoms with E-state index in [4.69, 9.17) is 0 Å². The van der Waals surface area contributed by atoms with E-state index in [1.54, 1.807) is 0 Å². The normalized spacial score (nSPS) is 16.0. The van der Waals surface area contributed by atoms with Crippen LogP contribution in [0.15, 0.2) is 30.6 Å². The molecule has 27 heavy (non-hydrogen) atoms. The molecule has 1 aromatic heterocycles. The first-order chi connectivity index (χ1) is 13.2. The first-order valence-corrected chi connectivity index (χ1v) is 10.1. The second-order valence-electron chi connectivity index (χ2n) is 7.78. The lowest BCUT2D eigenvalue weighted by Gasteiger charge is -2.23. The van der Waals surface area contributed by atoms with Gasteiger partial charge in [0.2, 0.25) is 0 Å². The van der Waals surface area contributed by atoms with Gasteiger partial charge in [-0.25, -0.2) is 9.97 Å². The van der Waals surface area contributed by atoms with Crippen molar-refractivity contribution in [1.29, 1.82) is 0 Å². The SMILES string of the molecule is CCCN(CC1CC1)c1cc(C(=O)Cc2ccc3c(c2)CNCC3)ncn1. The number of nitrogens with zero attached hydrogens (tertiary/aromatic N) is 3. The fourth-order valence-corrected chi connectivity index (χ4v) is 3.77. The summed E-state index contributed by atoms with van der Waals surface area (Å²) in [6.07, 6.45) is 6.68. The number of fused-ring (bicyclic) bond motifs is 1. The molecule has 1 aromatic carbocycles. The molecule has 2 aromatic rings. The molecule has 5 heteroatoms. The molecule has 1 N–H and O–H groups in total. The Morgan fingerprint density at radius 1 is 1.22 bits per heavy atom. The second-order valence-corrected chi connectivity index (χ2v) is 7.78. The molecular weight excluding hydrogens is 336 g/mol. The van der Waals surface area contributed by atoms with Crippen molar-refractivity contribution in [1.82, 2.24) is 15.3 Å². The van der Waals surface area contributed by atoms with Gasteiger partial charge in [0, 0.05) is 32.1 Å². The van der Waals surface area contributed by atoms with Crippen molar-refractivity contribution in [3.63, 3.8) is 0 Å². The van der Waals surface area contributed by atoms with Gasteiger partial charge in [-0.3, -0.25) is 4.79 Å². The van der Waals surface area contributed by atoms with Crippen LogP contribution in [0.4, 0.5) is 5.82 Å². The largest absolute Gasteiger partial charge is 0.356 e. The molecule has 1 saturated carbocycles. The predicted octanol–water partition coefficient (Wildman–Crippen LogP) is 3.17. The summed E-state index contributed by atoms with van der Waals surface area (Å²) < 4.78 is 0. The highest BCUT2D eigenvalue weighted by Crippen LogP contribution is 2.31. The van der Waals surface area contributed by atoms with E-state index in [9.17, 15) is 4.79 Å². The van der Waals surface area contributed by atoms with Crippen molar-refractivity contribution < 1.29 is 4.79 Å². The Morgan fingerprint density at radius 2 is 2.11 bits per heavy atom. The minimum Gasteiger partial charge on any atom is -0.356 e. The first kappa shape index (κ1) is 18.1. The van der Waals surface area contributed by atoms with E-state index in [0.717, 1.165) is 56.3 Å². The van der Waals surface area contributed by atoms with Crippen LogP contribution in [0.2, 0.25) is 0 Å². The van der Waals surface area contributed by atoms with Crippen LogP contribution in [0, 0.1) is 5.92 Å². The minimum atomic E-state index is 0.0604. The van der Waals surface area contributed by atoms with E-state index in [0.29, 0.717) is 12.1 Å². The van der Waals surface area contributed by atoms with Crippen molar-refractivity contribution in [2.45, 2.75) is 45.6 Å². The Kier molecular flexibility index (Phi) is 5.48. The topological polar surface area (TPSA) is 58.1 Å². The molecule has 1 aliphatic heterocycles. The van der Waals surface area contributed by atoms with Crippen LogP contribution in [0.25, 0.3) is 0 Å². The average Bonchev–Trinajstić information content (AvgIpc) is 3.52. The van der Waals surface area contributed by atoms with Gasteiger partial charge in [0.15, 0.2) is 5.78 Å². The van der Waals surface area contributed by atoms with Crippen LogP contribution in [-0.2, 0) is 19.4 Å². The second kappa shape index (κ2) is 8.17. The van der Waals surface area contributed by atoms with Gasteiger partial charge in [-0.1, -0.05) is 25.1 Å². The zero-order valence-electron chi connectivity index (χ0n) is 16.1. The molecule has 4 rings (SSSR count). The van der Waals surface area contributed by atoms with Crippen molar-refractivity contribution in [2.75, 3.05) is 24.5 Å². The molecular formula is C22H28N4O. The number of aromatic nitrogens is 2. The Morgan fingerprint density at radius 3 is 2.93 bits per heavy atom. The van der Waals surface area contributed by atoms with Crippen molar-refractivity contribution in [3.8, 4) is 0 Å². The summed E-state index contributed by atoms with van der Waals surface area (Å²) in [5.41, 5.74) is 4.29. The number of carbonyl (C=O) groups excluding carboxylic acids is 1. The maximum atomic E-state index is 12.8. The highest BCUT2D eigenvalue weighted by Gasteiger charge is 2.25. The lowest BCUT2D eigenvalue weighted by molar-refractivity contribution is 0.0988. The van der Waals surface area contributed by atoms with Gasteiger partial charge in [0.1, 0.15) is 17.8 Å². The predicted molar refractivity (Wildman–Crippen MR) is 107 cm³/mol. The monoisotopic (exact) mass is 364 g/mol. The molecule has 0 radical (unpaired) electrons. The van der Waals surface area contributed by atoms with E-state index in [1.165, 1.54) is 30.3 Å². The van der Waals surface area contributed by atoms with Gasteiger partial charge in [-0.05, 0) is 54.8 Å². The van der Waals surface area contributed by atoms with Gasteiger partial charge in [0.05, 0.1) is 0 Å². The van der Waals surface area contributed by atoms with E-state index in [-0.39, 0.29) is 5.78 Å². The van der Waals surface area contributed by atoms with Crippen molar-refractivity contribution in [3.05, 3.63) is 53.0 Å².